The van der Waals surface area contributed by atoms with Gasteiger partial charge in [-0.3, -0.25) is 4.98 Å². The van der Waals surface area contributed by atoms with Crippen molar-refractivity contribution in [1.29, 1.82) is 0 Å². The fourth-order valence-corrected chi connectivity index (χ4v) is 2.35. The van der Waals surface area contributed by atoms with E-state index in [0.29, 0.717) is 6.61 Å². The van der Waals surface area contributed by atoms with Crippen LogP contribution in [0, 0.1) is 0 Å². The van der Waals surface area contributed by atoms with Crippen molar-refractivity contribution in [3.05, 3.63) is 60.4 Å². The van der Waals surface area contributed by atoms with Crippen molar-refractivity contribution < 1.29 is 14.6 Å². The van der Waals surface area contributed by atoms with Crippen LogP contribution in [0.4, 0.5) is 0 Å². The fourth-order valence-electron chi connectivity index (χ4n) is 1.63. The van der Waals surface area contributed by atoms with Crippen LogP contribution in [0.25, 0.3) is 6.08 Å². The number of aromatic nitrogens is 1. The first-order valence-corrected chi connectivity index (χ1v) is 7.39. The third-order valence-electron chi connectivity index (χ3n) is 2.55. The molecule has 0 aliphatic rings. The van der Waals surface area contributed by atoms with Crippen molar-refractivity contribution in [2.24, 2.45) is 0 Å². The van der Waals surface area contributed by atoms with Gasteiger partial charge in [0.05, 0.1) is 6.61 Å². The summed E-state index contributed by atoms with van der Waals surface area (Å²) < 4.78 is 5.66. The topological polar surface area (TPSA) is 59.4 Å². The molecule has 0 spiro atoms. The molecule has 1 aromatic heterocycles. The molecule has 1 heterocycles. The average Bonchev–Trinajstić information content (AvgIpc) is 2.51. The van der Waals surface area contributed by atoms with Gasteiger partial charge in [0.15, 0.2) is 0 Å². The maximum Gasteiger partial charge on any atom is 0.328 e. The molecule has 5 heteroatoms. The molecule has 0 bridgehead atoms. The summed E-state index contributed by atoms with van der Waals surface area (Å²) in [4.78, 5) is 15.6. The van der Waals surface area contributed by atoms with E-state index in [-0.39, 0.29) is 0 Å². The van der Waals surface area contributed by atoms with Gasteiger partial charge in [0.2, 0.25) is 0 Å². The molecular formula is C16H15NO3S. The van der Waals surface area contributed by atoms with Crippen LogP contribution in [0.15, 0.2) is 59.8 Å². The second kappa shape index (κ2) is 8.11. The van der Waals surface area contributed by atoms with Gasteiger partial charge in [-0.25, -0.2) is 4.79 Å². The SMILES string of the molecule is O=C(O)/C=C/c1cccc(OCCSc2ccncc2)c1. The summed E-state index contributed by atoms with van der Waals surface area (Å²) in [6.07, 6.45) is 6.18. The highest BCUT2D eigenvalue weighted by Gasteiger charge is 1.97. The lowest BCUT2D eigenvalue weighted by atomic mass is 10.2. The summed E-state index contributed by atoms with van der Waals surface area (Å²) >= 11 is 1.70. The summed E-state index contributed by atoms with van der Waals surface area (Å²) in [5, 5.41) is 8.60. The Labute approximate surface area is 127 Å². The predicted molar refractivity (Wildman–Crippen MR) is 83.6 cm³/mol. The predicted octanol–water partition coefficient (Wildman–Crippen LogP) is 3.35. The van der Waals surface area contributed by atoms with Crippen LogP contribution in [0.1, 0.15) is 5.56 Å². The molecule has 1 N–H and O–H groups in total. The summed E-state index contributed by atoms with van der Waals surface area (Å²) in [7, 11) is 0. The van der Waals surface area contributed by atoms with Gasteiger partial charge in [-0.1, -0.05) is 12.1 Å². The first kappa shape index (κ1) is 15.1. The number of aliphatic carboxylic acids is 1. The van der Waals surface area contributed by atoms with Gasteiger partial charge in [-0.15, -0.1) is 11.8 Å². The first-order valence-electron chi connectivity index (χ1n) is 6.41. The molecule has 1 aromatic carbocycles. The molecule has 4 nitrogen and oxygen atoms in total. The Morgan fingerprint density at radius 3 is 2.86 bits per heavy atom. The number of rotatable bonds is 7. The molecule has 2 aromatic rings. The molecule has 0 fully saturated rings. The highest BCUT2D eigenvalue weighted by Crippen LogP contribution is 2.18. The highest BCUT2D eigenvalue weighted by molar-refractivity contribution is 7.99. The van der Waals surface area contributed by atoms with Gasteiger partial charge in [-0.05, 0) is 35.9 Å². The highest BCUT2D eigenvalue weighted by atomic mass is 32.2. The Morgan fingerprint density at radius 1 is 1.29 bits per heavy atom. The normalized spacial score (nSPS) is 10.7. The first-order chi connectivity index (χ1) is 10.2. The lowest BCUT2D eigenvalue weighted by Gasteiger charge is -2.06. The molecule has 0 aliphatic carbocycles. The van der Waals surface area contributed by atoms with Gasteiger partial charge < -0.3 is 9.84 Å². The molecule has 0 amide bonds. The van der Waals surface area contributed by atoms with E-state index in [0.717, 1.165) is 28.0 Å². The number of nitrogens with zero attached hydrogens (tertiary/aromatic N) is 1. The molecule has 0 radical (unpaired) electrons. The number of ether oxygens (including phenoxy) is 1. The van der Waals surface area contributed by atoms with Crippen molar-refractivity contribution >= 4 is 23.8 Å². The van der Waals surface area contributed by atoms with Crippen molar-refractivity contribution in [2.75, 3.05) is 12.4 Å². The maximum atomic E-state index is 10.5. The Morgan fingerprint density at radius 2 is 2.10 bits per heavy atom. The number of pyridine rings is 1. The van der Waals surface area contributed by atoms with Crippen LogP contribution in [-0.2, 0) is 4.79 Å². The number of benzene rings is 1. The number of carbonyl (C=O) groups is 1. The second-order valence-corrected chi connectivity index (χ2v) is 5.29. The van der Waals surface area contributed by atoms with E-state index in [2.05, 4.69) is 4.98 Å². The van der Waals surface area contributed by atoms with E-state index in [4.69, 9.17) is 9.84 Å². The lowest BCUT2D eigenvalue weighted by Crippen LogP contribution is -2.00. The minimum absolute atomic E-state index is 0.582. The molecule has 2 rings (SSSR count). The van der Waals surface area contributed by atoms with Gasteiger partial charge in [-0.2, -0.15) is 0 Å². The third kappa shape index (κ3) is 5.71. The van der Waals surface area contributed by atoms with Crippen molar-refractivity contribution in [3.63, 3.8) is 0 Å². The monoisotopic (exact) mass is 301 g/mol. The number of hydrogen-bond donors (Lipinski definition) is 1. The van der Waals surface area contributed by atoms with Crippen molar-refractivity contribution in [2.45, 2.75) is 4.90 Å². The number of thioether (sulfide) groups is 1. The minimum Gasteiger partial charge on any atom is -0.493 e. The third-order valence-corrected chi connectivity index (χ3v) is 3.52. The minimum atomic E-state index is -0.963. The van der Waals surface area contributed by atoms with Crippen LogP contribution in [0.2, 0.25) is 0 Å². The largest absolute Gasteiger partial charge is 0.493 e. The van der Waals surface area contributed by atoms with Gasteiger partial charge in [0.1, 0.15) is 5.75 Å². The van der Waals surface area contributed by atoms with Crippen LogP contribution in [-0.4, -0.2) is 28.4 Å². The zero-order valence-corrected chi connectivity index (χ0v) is 12.1. The van der Waals surface area contributed by atoms with Crippen LogP contribution >= 0.6 is 11.8 Å². The van der Waals surface area contributed by atoms with E-state index in [1.807, 2.05) is 36.4 Å². The summed E-state index contributed by atoms with van der Waals surface area (Å²) in [5.74, 6) is 0.604. The number of carboxylic acid groups (broad SMARTS) is 1. The van der Waals surface area contributed by atoms with Crippen LogP contribution < -0.4 is 4.74 Å². The smallest absolute Gasteiger partial charge is 0.328 e. The average molecular weight is 301 g/mol. The second-order valence-electron chi connectivity index (χ2n) is 4.12. The van der Waals surface area contributed by atoms with E-state index in [1.54, 1.807) is 30.2 Å². The quantitative estimate of drug-likeness (QED) is 0.483. The lowest BCUT2D eigenvalue weighted by molar-refractivity contribution is -0.131. The molecule has 21 heavy (non-hydrogen) atoms. The van der Waals surface area contributed by atoms with Gasteiger partial charge >= 0.3 is 5.97 Å². The standard InChI is InChI=1S/C16H15NO3S/c18-16(19)5-4-13-2-1-3-14(12-13)20-10-11-21-15-6-8-17-9-7-15/h1-9,12H,10-11H2,(H,18,19)/b5-4+. The van der Waals surface area contributed by atoms with E-state index in [9.17, 15) is 4.79 Å². The van der Waals surface area contributed by atoms with Crippen molar-refractivity contribution in [3.8, 4) is 5.75 Å². The van der Waals surface area contributed by atoms with Crippen LogP contribution in [0.5, 0.6) is 5.75 Å². The van der Waals surface area contributed by atoms with Gasteiger partial charge in [0.25, 0.3) is 0 Å². The van der Waals surface area contributed by atoms with E-state index < -0.39 is 5.97 Å². The fraction of sp³-hybridized carbons (Fsp3) is 0.125. The number of hydrogen-bond acceptors (Lipinski definition) is 4. The zero-order chi connectivity index (χ0) is 14.9. The Bertz CT molecular complexity index is 614. The Balaban J connectivity index is 1.80. The van der Waals surface area contributed by atoms with E-state index in [1.165, 1.54) is 0 Å². The van der Waals surface area contributed by atoms with Crippen molar-refractivity contribution in [1.82, 2.24) is 4.98 Å². The van der Waals surface area contributed by atoms with Crippen LogP contribution in [0.3, 0.4) is 0 Å². The molecule has 0 saturated carbocycles. The molecular weight excluding hydrogens is 286 g/mol. The maximum absolute atomic E-state index is 10.5. The number of carboxylic acids is 1. The zero-order valence-electron chi connectivity index (χ0n) is 11.3. The van der Waals surface area contributed by atoms with Gasteiger partial charge in [0, 0.05) is 29.1 Å². The van der Waals surface area contributed by atoms with E-state index >= 15 is 0 Å². The Hall–Kier alpha value is -2.27. The molecule has 0 atom stereocenters. The summed E-state index contributed by atoms with van der Waals surface area (Å²) in [6.45, 7) is 0.582. The summed E-state index contributed by atoms with van der Waals surface area (Å²) in [6, 6.07) is 11.3. The molecule has 0 aliphatic heterocycles. The molecule has 0 unspecified atom stereocenters. The molecule has 108 valence electrons. The summed E-state index contributed by atoms with van der Waals surface area (Å²) in [5.41, 5.74) is 0.802. The molecule has 0 saturated heterocycles. The Kier molecular flexibility index (Phi) is 5.84.